The fourth-order valence-corrected chi connectivity index (χ4v) is 5.78. The van der Waals surface area contributed by atoms with Crippen LogP contribution in [0.2, 0.25) is 5.02 Å². The first-order valence-corrected chi connectivity index (χ1v) is 12.5. The van der Waals surface area contributed by atoms with Crippen LogP contribution in [-0.4, -0.2) is 66.8 Å². The van der Waals surface area contributed by atoms with E-state index in [0.29, 0.717) is 13.1 Å². The lowest BCUT2D eigenvalue weighted by molar-refractivity contribution is -0.147. The Kier molecular flexibility index (Phi) is 7.96. The number of nitrogens with one attached hydrogen (secondary N) is 3. The van der Waals surface area contributed by atoms with Crippen LogP contribution in [0.5, 0.6) is 5.75 Å². The largest absolute Gasteiger partial charge is 0.484 e. The van der Waals surface area contributed by atoms with Crippen molar-refractivity contribution in [1.29, 1.82) is 0 Å². The number of alkyl halides is 2. The number of carbonyl (C=O) groups is 1. The number of ether oxygens (including phenoxy) is 1. The van der Waals surface area contributed by atoms with E-state index < -0.39 is 18.3 Å². The molecule has 6 nitrogen and oxygen atoms in total. The summed E-state index contributed by atoms with van der Waals surface area (Å²) in [5, 5.41) is 9.91. The third-order valence-corrected chi connectivity index (χ3v) is 7.53. The van der Waals surface area contributed by atoms with E-state index in [-0.39, 0.29) is 47.1 Å². The maximum Gasteiger partial charge on any atom is 0.258 e. The maximum absolute atomic E-state index is 13.5. The van der Waals surface area contributed by atoms with E-state index in [9.17, 15) is 18.0 Å². The van der Waals surface area contributed by atoms with Crippen LogP contribution < -0.4 is 20.7 Å². The Balaban J connectivity index is 1.19. The van der Waals surface area contributed by atoms with Crippen molar-refractivity contribution in [2.75, 3.05) is 26.2 Å². The van der Waals surface area contributed by atoms with Gasteiger partial charge >= 0.3 is 0 Å². The third-order valence-electron chi connectivity index (χ3n) is 7.23. The van der Waals surface area contributed by atoms with Gasteiger partial charge in [-0.15, -0.1) is 0 Å². The lowest BCUT2D eigenvalue weighted by Gasteiger charge is -2.71. The van der Waals surface area contributed by atoms with Gasteiger partial charge in [-0.2, -0.15) is 0 Å². The van der Waals surface area contributed by atoms with Crippen molar-refractivity contribution in [3.8, 4) is 5.75 Å². The Morgan fingerprint density at radius 1 is 1.26 bits per heavy atom. The molecule has 5 rings (SSSR count). The van der Waals surface area contributed by atoms with Crippen molar-refractivity contribution in [3.05, 3.63) is 29.0 Å². The zero-order valence-corrected chi connectivity index (χ0v) is 20.3. The van der Waals surface area contributed by atoms with Crippen LogP contribution in [0.25, 0.3) is 0 Å². The average Bonchev–Trinajstić information content (AvgIpc) is 2.75. The predicted octanol–water partition coefficient (Wildman–Crippen LogP) is 3.68. The monoisotopic (exact) mass is 502 g/mol. The van der Waals surface area contributed by atoms with E-state index in [1.807, 2.05) is 4.90 Å². The van der Waals surface area contributed by atoms with Crippen molar-refractivity contribution in [1.82, 2.24) is 20.9 Å². The quantitative estimate of drug-likeness (QED) is 0.380. The van der Waals surface area contributed by atoms with E-state index in [2.05, 4.69) is 22.9 Å². The Morgan fingerprint density at radius 2 is 2.03 bits per heavy atom. The Hall–Kier alpha value is -1.55. The molecule has 0 aromatic heterocycles. The fourth-order valence-electron chi connectivity index (χ4n) is 5.66. The van der Waals surface area contributed by atoms with Gasteiger partial charge in [-0.25, -0.2) is 13.2 Å². The van der Waals surface area contributed by atoms with Crippen molar-refractivity contribution < 1.29 is 22.7 Å². The topological polar surface area (TPSA) is 65.6 Å². The highest BCUT2D eigenvalue weighted by Gasteiger charge is 2.69. The summed E-state index contributed by atoms with van der Waals surface area (Å²) in [5.74, 6) is -0.599. The Bertz CT molecular complexity index is 855. The number of rotatable bonds is 12. The highest BCUT2D eigenvalue weighted by molar-refractivity contribution is 6.30. The summed E-state index contributed by atoms with van der Waals surface area (Å²) in [6.07, 6.45) is 4.25. The normalized spacial score (nSPS) is 30.5. The molecule has 1 saturated heterocycles. The van der Waals surface area contributed by atoms with Crippen molar-refractivity contribution in [2.45, 2.75) is 81.6 Å². The molecule has 3 saturated carbocycles. The zero-order valence-electron chi connectivity index (χ0n) is 19.5. The van der Waals surface area contributed by atoms with Gasteiger partial charge in [0.2, 0.25) is 0 Å². The molecule has 3 N–H and O–H groups in total. The summed E-state index contributed by atoms with van der Waals surface area (Å²) >= 11 is 5.65. The second-order valence-electron chi connectivity index (χ2n) is 10.1. The maximum atomic E-state index is 13.5. The smallest absolute Gasteiger partial charge is 0.258 e. The van der Waals surface area contributed by atoms with E-state index in [4.69, 9.17) is 16.3 Å². The average molecular weight is 503 g/mol. The number of unbranched alkanes of at least 4 members (excludes halogenated alkanes) is 3. The molecule has 3 aliphatic carbocycles. The minimum absolute atomic E-state index is 0.000243. The molecule has 190 valence electrons. The predicted molar refractivity (Wildman–Crippen MR) is 125 cm³/mol. The molecule has 0 spiro atoms. The lowest BCUT2D eigenvalue weighted by atomic mass is 9.44. The number of piperazine rings is 1. The second kappa shape index (κ2) is 10.6. The van der Waals surface area contributed by atoms with E-state index in [1.165, 1.54) is 12.1 Å². The van der Waals surface area contributed by atoms with Crippen molar-refractivity contribution >= 4 is 17.5 Å². The van der Waals surface area contributed by atoms with Gasteiger partial charge in [0.05, 0.1) is 17.2 Å². The van der Waals surface area contributed by atoms with Gasteiger partial charge in [0.25, 0.3) is 12.3 Å². The van der Waals surface area contributed by atoms with Crippen LogP contribution in [0.1, 0.15) is 51.9 Å². The molecule has 1 aromatic rings. The molecule has 10 heteroatoms. The minimum atomic E-state index is -2.36. The Labute approximate surface area is 203 Å². The van der Waals surface area contributed by atoms with Crippen LogP contribution in [0.3, 0.4) is 0 Å². The van der Waals surface area contributed by atoms with E-state index >= 15 is 0 Å². The molecular formula is C24H34ClF3N4O2. The minimum Gasteiger partial charge on any atom is -0.484 e. The van der Waals surface area contributed by atoms with E-state index in [0.717, 1.165) is 51.0 Å². The van der Waals surface area contributed by atoms with Crippen LogP contribution >= 0.6 is 11.6 Å². The molecule has 2 atom stereocenters. The van der Waals surface area contributed by atoms with Crippen LogP contribution in [-0.2, 0) is 4.79 Å². The van der Waals surface area contributed by atoms with Crippen molar-refractivity contribution in [3.63, 3.8) is 0 Å². The summed E-state index contributed by atoms with van der Waals surface area (Å²) in [6, 6.07) is 3.31. The van der Waals surface area contributed by atoms with E-state index in [1.54, 1.807) is 0 Å². The first-order valence-electron chi connectivity index (χ1n) is 12.2. The van der Waals surface area contributed by atoms with Crippen LogP contribution in [0.15, 0.2) is 18.2 Å². The molecule has 1 aliphatic heterocycles. The van der Waals surface area contributed by atoms with Crippen LogP contribution in [0, 0.1) is 5.82 Å². The first-order chi connectivity index (χ1) is 16.2. The SMILES string of the molecule is CCCCCCN1CC(NC23CC(NC(=O)COc4ccc(Cl)c(F)c4)(C2)C3)NCC1C(F)F. The summed E-state index contributed by atoms with van der Waals surface area (Å²) in [5.41, 5.74) is -0.296. The summed E-state index contributed by atoms with van der Waals surface area (Å²) in [7, 11) is 0. The molecule has 2 bridgehead atoms. The molecular weight excluding hydrogens is 469 g/mol. The lowest BCUT2D eigenvalue weighted by Crippen LogP contribution is -2.85. The zero-order chi connectivity index (χ0) is 24.3. The molecule has 2 unspecified atom stereocenters. The highest BCUT2D eigenvalue weighted by atomic mass is 35.5. The number of hydrogen-bond donors (Lipinski definition) is 3. The molecule has 1 amide bonds. The van der Waals surface area contributed by atoms with Gasteiger partial charge in [-0.1, -0.05) is 37.8 Å². The first kappa shape index (κ1) is 25.5. The molecule has 0 radical (unpaired) electrons. The van der Waals surface area contributed by atoms with Gasteiger partial charge < -0.3 is 10.1 Å². The Morgan fingerprint density at radius 3 is 2.71 bits per heavy atom. The second-order valence-corrected chi connectivity index (χ2v) is 10.5. The molecule has 1 aromatic carbocycles. The highest BCUT2D eigenvalue weighted by Crippen LogP contribution is 2.60. The fraction of sp³-hybridized carbons (Fsp3) is 0.708. The third kappa shape index (κ3) is 5.80. The number of hydrogen-bond acceptors (Lipinski definition) is 5. The number of benzene rings is 1. The number of halogens is 4. The molecule has 1 heterocycles. The van der Waals surface area contributed by atoms with Gasteiger partial charge in [0, 0.05) is 30.2 Å². The van der Waals surface area contributed by atoms with Crippen molar-refractivity contribution in [2.24, 2.45) is 0 Å². The molecule has 4 fully saturated rings. The van der Waals surface area contributed by atoms with Gasteiger partial charge in [0.15, 0.2) is 6.61 Å². The van der Waals surface area contributed by atoms with Crippen LogP contribution in [0.4, 0.5) is 13.2 Å². The van der Waals surface area contributed by atoms with Gasteiger partial charge in [-0.05, 0) is 44.4 Å². The molecule has 34 heavy (non-hydrogen) atoms. The summed E-state index contributed by atoms with van der Waals surface area (Å²) < 4.78 is 45.9. The van der Waals surface area contributed by atoms with Gasteiger partial charge in [-0.3, -0.25) is 20.3 Å². The van der Waals surface area contributed by atoms with Gasteiger partial charge in [0.1, 0.15) is 11.6 Å². The number of nitrogens with zero attached hydrogens (tertiary/aromatic N) is 1. The standard InChI is InChI=1S/C24H34ClF3N4O2/c1-2-3-4-5-8-32-11-20(29-10-19(32)22(27)28)30-23-13-24(14-23,15-23)31-21(33)12-34-16-6-7-17(25)18(26)9-16/h6-7,9,19-20,22,29-30H,2-5,8,10-15H2,1H3,(H,31,33). The summed E-state index contributed by atoms with van der Waals surface area (Å²) in [6.45, 7) is 3.45. The number of amides is 1. The summed E-state index contributed by atoms with van der Waals surface area (Å²) in [4.78, 5) is 14.2. The number of carbonyl (C=O) groups excluding carboxylic acids is 1. The molecule has 4 aliphatic rings.